The first kappa shape index (κ1) is 22.6. The minimum absolute atomic E-state index is 0.0469. The first-order valence-electron chi connectivity index (χ1n) is 11.6. The van der Waals surface area contributed by atoms with Gasteiger partial charge < -0.3 is 11.1 Å². The molecule has 0 unspecified atom stereocenters. The maximum absolute atomic E-state index is 12.8. The molecule has 8 heteroatoms. The maximum atomic E-state index is 12.8. The lowest BCUT2D eigenvalue weighted by atomic mass is 9.96. The number of carbonyl (C=O) groups is 1. The SMILES string of the molecule is CN(C1CC1)S(=O)(=O)c1ccc(-c2cnc(N)c(-c3ccc4c(c3)CCCCC(=O)N4)c2)cc1. The van der Waals surface area contributed by atoms with Crippen LogP contribution in [-0.4, -0.2) is 36.7 Å². The van der Waals surface area contributed by atoms with E-state index in [2.05, 4.69) is 16.4 Å². The monoisotopic (exact) mass is 476 g/mol. The number of nitrogens with two attached hydrogens (primary N) is 1. The highest BCUT2D eigenvalue weighted by Gasteiger charge is 2.34. The van der Waals surface area contributed by atoms with Crippen LogP contribution < -0.4 is 11.1 Å². The van der Waals surface area contributed by atoms with Crippen molar-refractivity contribution >= 4 is 27.4 Å². The van der Waals surface area contributed by atoms with E-state index in [-0.39, 0.29) is 16.8 Å². The van der Waals surface area contributed by atoms with Gasteiger partial charge in [-0.15, -0.1) is 0 Å². The second-order valence-electron chi connectivity index (χ2n) is 9.06. The number of benzene rings is 2. The van der Waals surface area contributed by atoms with Crippen LogP contribution in [0.2, 0.25) is 0 Å². The Labute approximate surface area is 200 Å². The number of nitrogens with zero attached hydrogens (tertiary/aromatic N) is 2. The molecule has 1 fully saturated rings. The van der Waals surface area contributed by atoms with Crippen molar-refractivity contribution in [1.82, 2.24) is 9.29 Å². The molecule has 1 aliphatic carbocycles. The number of carbonyl (C=O) groups excluding carboxylic acids is 1. The van der Waals surface area contributed by atoms with Gasteiger partial charge in [-0.1, -0.05) is 18.2 Å². The van der Waals surface area contributed by atoms with Crippen molar-refractivity contribution in [2.45, 2.75) is 49.5 Å². The van der Waals surface area contributed by atoms with Crippen LogP contribution in [0.1, 0.15) is 37.7 Å². The molecule has 5 rings (SSSR count). The molecule has 3 N–H and O–H groups in total. The highest BCUT2D eigenvalue weighted by atomic mass is 32.2. The number of fused-ring (bicyclic) bond motifs is 1. The van der Waals surface area contributed by atoms with Gasteiger partial charge in [-0.2, -0.15) is 4.31 Å². The number of aryl methyl sites for hydroxylation is 1. The molecule has 0 bridgehead atoms. The van der Waals surface area contributed by atoms with Crippen LogP contribution in [0, 0.1) is 0 Å². The molecule has 7 nitrogen and oxygen atoms in total. The van der Waals surface area contributed by atoms with Gasteiger partial charge >= 0.3 is 0 Å². The normalized spacial score (nSPS) is 16.5. The molecule has 0 atom stereocenters. The Balaban J connectivity index is 1.45. The summed E-state index contributed by atoms with van der Waals surface area (Å²) in [7, 11) is -1.84. The Morgan fingerprint density at radius 3 is 2.41 bits per heavy atom. The Bertz CT molecular complexity index is 1350. The van der Waals surface area contributed by atoms with Gasteiger partial charge in [-0.3, -0.25) is 4.79 Å². The zero-order chi connectivity index (χ0) is 23.9. The number of aromatic nitrogens is 1. The van der Waals surface area contributed by atoms with E-state index in [4.69, 9.17) is 5.73 Å². The zero-order valence-electron chi connectivity index (χ0n) is 19.1. The summed E-state index contributed by atoms with van der Waals surface area (Å²) in [5.74, 6) is 0.467. The molecule has 0 radical (unpaired) electrons. The maximum Gasteiger partial charge on any atom is 0.243 e. The molecule has 2 aromatic carbocycles. The van der Waals surface area contributed by atoms with Crippen LogP contribution >= 0.6 is 0 Å². The van der Waals surface area contributed by atoms with Gasteiger partial charge in [0.15, 0.2) is 0 Å². The highest BCUT2D eigenvalue weighted by molar-refractivity contribution is 7.89. The van der Waals surface area contributed by atoms with E-state index in [1.165, 1.54) is 4.31 Å². The third kappa shape index (κ3) is 4.43. The van der Waals surface area contributed by atoms with Crippen molar-refractivity contribution in [1.29, 1.82) is 0 Å². The fraction of sp³-hybridized carbons (Fsp3) is 0.308. The number of nitrogens with one attached hydrogen (secondary N) is 1. The minimum atomic E-state index is -3.48. The molecule has 2 heterocycles. The molecule has 1 amide bonds. The van der Waals surface area contributed by atoms with Gasteiger partial charge in [0, 0.05) is 42.5 Å². The Morgan fingerprint density at radius 2 is 1.68 bits per heavy atom. The third-order valence-electron chi connectivity index (χ3n) is 6.63. The van der Waals surface area contributed by atoms with Crippen molar-refractivity contribution in [3.63, 3.8) is 0 Å². The molecule has 0 spiro atoms. The summed E-state index contributed by atoms with van der Waals surface area (Å²) in [5.41, 5.74) is 11.6. The Morgan fingerprint density at radius 1 is 0.971 bits per heavy atom. The van der Waals surface area contributed by atoms with Gasteiger partial charge in [0.05, 0.1) is 4.90 Å². The predicted octanol–water partition coefficient (Wildman–Crippen LogP) is 4.45. The van der Waals surface area contributed by atoms with E-state index >= 15 is 0 Å². The molecular formula is C26H28N4O3S. The molecule has 1 aromatic heterocycles. The smallest absolute Gasteiger partial charge is 0.243 e. The molecule has 0 saturated heterocycles. The number of amides is 1. The molecule has 1 saturated carbocycles. The summed E-state index contributed by atoms with van der Waals surface area (Å²) in [6.07, 6.45) is 6.82. The topological polar surface area (TPSA) is 105 Å². The zero-order valence-corrected chi connectivity index (χ0v) is 19.9. The van der Waals surface area contributed by atoms with Crippen LogP contribution in [0.4, 0.5) is 11.5 Å². The fourth-order valence-corrected chi connectivity index (χ4v) is 5.80. The summed E-state index contributed by atoms with van der Waals surface area (Å²) >= 11 is 0. The third-order valence-corrected chi connectivity index (χ3v) is 8.56. The van der Waals surface area contributed by atoms with Crippen molar-refractivity contribution in [3.8, 4) is 22.3 Å². The van der Waals surface area contributed by atoms with Crippen LogP contribution in [-0.2, 0) is 21.2 Å². The number of pyridine rings is 1. The van der Waals surface area contributed by atoms with Crippen molar-refractivity contribution in [3.05, 3.63) is 60.3 Å². The van der Waals surface area contributed by atoms with Gasteiger partial charge in [0.25, 0.3) is 0 Å². The summed E-state index contributed by atoms with van der Waals surface area (Å²) in [5, 5.41) is 2.99. The molecule has 34 heavy (non-hydrogen) atoms. The average Bonchev–Trinajstić information content (AvgIpc) is 3.67. The van der Waals surface area contributed by atoms with Crippen LogP contribution in [0.5, 0.6) is 0 Å². The first-order valence-corrected chi connectivity index (χ1v) is 13.0. The Hall–Kier alpha value is -3.23. The molecule has 3 aromatic rings. The molecule has 176 valence electrons. The van der Waals surface area contributed by atoms with Crippen molar-refractivity contribution < 1.29 is 13.2 Å². The lowest BCUT2D eigenvalue weighted by Gasteiger charge is -2.17. The number of rotatable bonds is 5. The quantitative estimate of drug-likeness (QED) is 0.566. The van der Waals surface area contributed by atoms with E-state index < -0.39 is 10.0 Å². The van der Waals surface area contributed by atoms with E-state index in [0.29, 0.717) is 12.2 Å². The van der Waals surface area contributed by atoms with Crippen molar-refractivity contribution in [2.75, 3.05) is 18.1 Å². The molecule has 1 aliphatic heterocycles. The van der Waals surface area contributed by atoms with E-state index in [9.17, 15) is 13.2 Å². The van der Waals surface area contributed by atoms with Crippen LogP contribution in [0.15, 0.2) is 59.6 Å². The molecule has 2 aliphatic rings. The van der Waals surface area contributed by atoms with Gasteiger partial charge in [0.2, 0.25) is 15.9 Å². The molecular weight excluding hydrogens is 448 g/mol. The van der Waals surface area contributed by atoms with Gasteiger partial charge in [0.1, 0.15) is 5.82 Å². The largest absolute Gasteiger partial charge is 0.383 e. The lowest BCUT2D eigenvalue weighted by molar-refractivity contribution is -0.116. The standard InChI is InChI=1S/C26H28N4O3S/c1-30(21-9-10-21)34(32,33)22-11-6-17(7-12-22)20-15-23(26(27)28-16-20)18-8-13-24-19(14-18)4-2-3-5-25(31)29-24/h6-8,11-16,21H,2-5,9-10H2,1H3,(H2,27,28)(H,29,31). The minimum Gasteiger partial charge on any atom is -0.383 e. The second-order valence-corrected chi connectivity index (χ2v) is 11.1. The summed E-state index contributed by atoms with van der Waals surface area (Å²) in [6.45, 7) is 0. The first-order chi connectivity index (χ1) is 16.3. The average molecular weight is 477 g/mol. The van der Waals surface area contributed by atoms with Gasteiger partial charge in [-0.05, 0) is 79.1 Å². The predicted molar refractivity (Wildman–Crippen MR) is 134 cm³/mol. The summed E-state index contributed by atoms with van der Waals surface area (Å²) in [4.78, 5) is 16.7. The summed E-state index contributed by atoms with van der Waals surface area (Å²) < 4.78 is 27.1. The number of anilines is 2. The summed E-state index contributed by atoms with van der Waals surface area (Å²) in [6, 6.07) is 14.9. The number of sulfonamides is 1. The highest BCUT2D eigenvalue weighted by Crippen LogP contribution is 2.34. The van der Waals surface area contributed by atoms with Crippen molar-refractivity contribution in [2.24, 2.45) is 0 Å². The number of nitrogen functional groups attached to an aromatic ring is 1. The van der Waals surface area contributed by atoms with Gasteiger partial charge in [-0.25, -0.2) is 13.4 Å². The fourth-order valence-electron chi connectivity index (χ4n) is 4.39. The second kappa shape index (κ2) is 8.85. The number of hydrogen-bond donors (Lipinski definition) is 2. The van der Waals surface area contributed by atoms with E-state index in [1.807, 2.05) is 18.2 Å². The van der Waals surface area contributed by atoms with Crippen LogP contribution in [0.25, 0.3) is 22.3 Å². The van der Waals surface area contributed by atoms with E-state index in [1.54, 1.807) is 37.5 Å². The van der Waals surface area contributed by atoms with Crippen LogP contribution in [0.3, 0.4) is 0 Å². The number of hydrogen-bond acceptors (Lipinski definition) is 5. The Kier molecular flexibility index (Phi) is 5.87. The van der Waals surface area contributed by atoms with E-state index in [0.717, 1.165) is 65.6 Å². The lowest BCUT2D eigenvalue weighted by Crippen LogP contribution is -2.28.